The number of nitrogens with zero attached hydrogens (tertiary/aromatic N) is 2. The maximum Gasteiger partial charge on any atom is 0.130 e. The van der Waals surface area contributed by atoms with Crippen LogP contribution in [0, 0.1) is 6.92 Å². The highest BCUT2D eigenvalue weighted by molar-refractivity contribution is 9.10. The summed E-state index contributed by atoms with van der Waals surface area (Å²) in [5, 5.41) is 0. The number of halogens is 1. The molecule has 0 amide bonds. The molecule has 15 heavy (non-hydrogen) atoms. The van der Waals surface area contributed by atoms with Crippen LogP contribution in [0.2, 0.25) is 0 Å². The zero-order chi connectivity index (χ0) is 10.8. The molecular weight excluding hydrogens is 254 g/mol. The normalized spacial score (nSPS) is 10.3. The average Bonchev–Trinajstić information content (AvgIpc) is 2.24. The molecular formula is C11H10BrN3. The van der Waals surface area contributed by atoms with Crippen molar-refractivity contribution in [2.24, 2.45) is 0 Å². The number of aromatic nitrogens is 2. The van der Waals surface area contributed by atoms with Gasteiger partial charge in [0, 0.05) is 15.6 Å². The molecule has 0 aliphatic rings. The molecule has 0 fully saturated rings. The van der Waals surface area contributed by atoms with Crippen LogP contribution in [0.3, 0.4) is 0 Å². The van der Waals surface area contributed by atoms with E-state index < -0.39 is 0 Å². The molecule has 0 aliphatic carbocycles. The van der Waals surface area contributed by atoms with Gasteiger partial charge in [-0.15, -0.1) is 0 Å². The van der Waals surface area contributed by atoms with Crippen LogP contribution < -0.4 is 5.73 Å². The summed E-state index contributed by atoms with van der Waals surface area (Å²) in [6, 6.07) is 7.96. The predicted molar refractivity (Wildman–Crippen MR) is 64.3 cm³/mol. The van der Waals surface area contributed by atoms with Crippen LogP contribution in [-0.4, -0.2) is 9.97 Å². The van der Waals surface area contributed by atoms with Gasteiger partial charge in [0.15, 0.2) is 0 Å². The molecule has 0 saturated heterocycles. The van der Waals surface area contributed by atoms with Gasteiger partial charge in [0.05, 0.1) is 5.69 Å². The van der Waals surface area contributed by atoms with E-state index in [1.165, 1.54) is 6.33 Å². The zero-order valence-corrected chi connectivity index (χ0v) is 9.82. The summed E-state index contributed by atoms with van der Waals surface area (Å²) in [4.78, 5) is 8.17. The Morgan fingerprint density at radius 1 is 1.13 bits per heavy atom. The van der Waals surface area contributed by atoms with Crippen molar-refractivity contribution < 1.29 is 0 Å². The maximum absolute atomic E-state index is 5.73. The monoisotopic (exact) mass is 263 g/mol. The van der Waals surface area contributed by atoms with E-state index >= 15 is 0 Å². The smallest absolute Gasteiger partial charge is 0.130 e. The molecule has 0 unspecified atom stereocenters. The minimum atomic E-state index is 0.530. The van der Waals surface area contributed by atoms with E-state index in [4.69, 9.17) is 5.73 Å². The minimum absolute atomic E-state index is 0.530. The number of rotatable bonds is 1. The van der Waals surface area contributed by atoms with Gasteiger partial charge < -0.3 is 5.73 Å². The largest absolute Gasteiger partial charge is 0.383 e. The fraction of sp³-hybridized carbons (Fsp3) is 0.0909. The van der Waals surface area contributed by atoms with Gasteiger partial charge in [0.1, 0.15) is 12.1 Å². The quantitative estimate of drug-likeness (QED) is 0.861. The first-order valence-corrected chi connectivity index (χ1v) is 5.31. The number of hydrogen-bond donors (Lipinski definition) is 1. The van der Waals surface area contributed by atoms with E-state index in [-0.39, 0.29) is 0 Å². The topological polar surface area (TPSA) is 51.8 Å². The van der Waals surface area contributed by atoms with Crippen molar-refractivity contribution >= 4 is 21.7 Å². The molecule has 0 atom stereocenters. The van der Waals surface area contributed by atoms with Gasteiger partial charge in [0.25, 0.3) is 0 Å². The summed E-state index contributed by atoms with van der Waals surface area (Å²) in [5.74, 6) is 0.530. The van der Waals surface area contributed by atoms with Crippen LogP contribution in [-0.2, 0) is 0 Å². The van der Waals surface area contributed by atoms with Crippen molar-refractivity contribution in [2.45, 2.75) is 6.92 Å². The molecule has 1 heterocycles. The summed E-state index contributed by atoms with van der Waals surface area (Å²) < 4.78 is 1.05. The molecule has 2 N–H and O–H groups in total. The number of anilines is 1. The molecule has 0 aliphatic heterocycles. The maximum atomic E-state index is 5.73. The van der Waals surface area contributed by atoms with Gasteiger partial charge in [-0.05, 0) is 19.1 Å². The van der Waals surface area contributed by atoms with Gasteiger partial charge in [-0.3, -0.25) is 0 Å². The van der Waals surface area contributed by atoms with Gasteiger partial charge in [0.2, 0.25) is 0 Å². The Kier molecular flexibility index (Phi) is 2.68. The molecule has 3 nitrogen and oxygen atoms in total. The van der Waals surface area contributed by atoms with Gasteiger partial charge >= 0.3 is 0 Å². The Labute approximate surface area is 96.5 Å². The summed E-state index contributed by atoms with van der Waals surface area (Å²) in [7, 11) is 0. The molecule has 0 radical (unpaired) electrons. The molecule has 0 spiro atoms. The molecule has 76 valence electrons. The van der Waals surface area contributed by atoms with E-state index in [1.54, 1.807) is 0 Å². The highest BCUT2D eigenvalue weighted by Crippen LogP contribution is 2.24. The van der Waals surface area contributed by atoms with Gasteiger partial charge in [-0.2, -0.15) is 0 Å². The standard InChI is InChI=1S/C11H10BrN3/c1-7-10(14-6-15-11(7)13)8-2-4-9(12)5-3-8/h2-6H,1H3,(H2,13,14,15). The summed E-state index contributed by atoms with van der Waals surface area (Å²) in [6.45, 7) is 1.92. The molecule has 0 saturated carbocycles. The first kappa shape index (κ1) is 10.1. The SMILES string of the molecule is Cc1c(N)ncnc1-c1ccc(Br)cc1. The van der Waals surface area contributed by atoms with Gasteiger partial charge in [-0.25, -0.2) is 9.97 Å². The highest BCUT2D eigenvalue weighted by atomic mass is 79.9. The van der Waals surface area contributed by atoms with Crippen LogP contribution in [0.1, 0.15) is 5.56 Å². The van der Waals surface area contributed by atoms with Crippen molar-refractivity contribution in [3.63, 3.8) is 0 Å². The number of benzene rings is 1. The zero-order valence-electron chi connectivity index (χ0n) is 8.24. The molecule has 1 aromatic carbocycles. The molecule has 1 aromatic heterocycles. The van der Waals surface area contributed by atoms with Crippen molar-refractivity contribution in [1.29, 1.82) is 0 Å². The van der Waals surface area contributed by atoms with Crippen molar-refractivity contribution in [2.75, 3.05) is 5.73 Å². The van der Waals surface area contributed by atoms with E-state index in [9.17, 15) is 0 Å². The third-order valence-corrected chi connectivity index (χ3v) is 2.77. The van der Waals surface area contributed by atoms with E-state index in [1.807, 2.05) is 31.2 Å². The predicted octanol–water partition coefficient (Wildman–Crippen LogP) is 2.80. The number of nitrogens with two attached hydrogens (primary N) is 1. The third kappa shape index (κ3) is 1.99. The minimum Gasteiger partial charge on any atom is -0.383 e. The molecule has 4 heteroatoms. The van der Waals surface area contributed by atoms with Crippen LogP contribution >= 0.6 is 15.9 Å². The van der Waals surface area contributed by atoms with E-state index in [0.717, 1.165) is 21.3 Å². The van der Waals surface area contributed by atoms with Crippen LogP contribution in [0.4, 0.5) is 5.82 Å². The Morgan fingerprint density at radius 2 is 1.80 bits per heavy atom. The number of nitrogen functional groups attached to an aromatic ring is 1. The van der Waals surface area contributed by atoms with E-state index in [0.29, 0.717) is 5.82 Å². The second kappa shape index (κ2) is 3.98. The highest BCUT2D eigenvalue weighted by Gasteiger charge is 2.06. The molecule has 0 bridgehead atoms. The lowest BCUT2D eigenvalue weighted by Crippen LogP contribution is -1.98. The first-order valence-electron chi connectivity index (χ1n) is 4.51. The lowest BCUT2D eigenvalue weighted by molar-refractivity contribution is 1.14. The van der Waals surface area contributed by atoms with Crippen molar-refractivity contribution in [1.82, 2.24) is 9.97 Å². The molecule has 2 rings (SSSR count). The Hall–Kier alpha value is -1.42. The van der Waals surface area contributed by atoms with Crippen LogP contribution in [0.15, 0.2) is 35.1 Å². The second-order valence-electron chi connectivity index (χ2n) is 3.24. The van der Waals surface area contributed by atoms with E-state index in [2.05, 4.69) is 25.9 Å². The van der Waals surface area contributed by atoms with Crippen molar-refractivity contribution in [3.8, 4) is 11.3 Å². The fourth-order valence-corrected chi connectivity index (χ4v) is 1.63. The summed E-state index contributed by atoms with van der Waals surface area (Å²) >= 11 is 3.39. The summed E-state index contributed by atoms with van der Waals surface area (Å²) in [6.07, 6.45) is 1.49. The van der Waals surface area contributed by atoms with Crippen LogP contribution in [0.5, 0.6) is 0 Å². The van der Waals surface area contributed by atoms with Gasteiger partial charge in [-0.1, -0.05) is 28.1 Å². The van der Waals surface area contributed by atoms with Crippen LogP contribution in [0.25, 0.3) is 11.3 Å². The first-order chi connectivity index (χ1) is 7.18. The Morgan fingerprint density at radius 3 is 2.47 bits per heavy atom. The fourth-order valence-electron chi connectivity index (χ4n) is 1.36. The Balaban J connectivity index is 2.54. The molecule has 2 aromatic rings. The third-order valence-electron chi connectivity index (χ3n) is 2.24. The lowest BCUT2D eigenvalue weighted by Gasteiger charge is -2.06. The summed E-state index contributed by atoms with van der Waals surface area (Å²) in [5.41, 5.74) is 8.57. The second-order valence-corrected chi connectivity index (χ2v) is 4.16. The van der Waals surface area contributed by atoms with Crippen molar-refractivity contribution in [3.05, 3.63) is 40.6 Å². The number of hydrogen-bond acceptors (Lipinski definition) is 3. The lowest BCUT2D eigenvalue weighted by atomic mass is 10.1. The average molecular weight is 264 g/mol. The Bertz CT molecular complexity index is 480.